The van der Waals surface area contributed by atoms with Crippen LogP contribution in [0.4, 0.5) is 0 Å². The first kappa shape index (κ1) is 19.2. The lowest BCUT2D eigenvalue weighted by atomic mass is 9.73. The van der Waals surface area contributed by atoms with E-state index in [0.717, 1.165) is 50.4 Å². The molecule has 1 amide bonds. The number of aromatic nitrogens is 2. The molecule has 1 N–H and O–H groups in total. The molecule has 26 heavy (non-hydrogen) atoms. The van der Waals surface area contributed by atoms with Crippen molar-refractivity contribution in [3.05, 3.63) is 23.8 Å². The van der Waals surface area contributed by atoms with Crippen LogP contribution in [0.2, 0.25) is 0 Å². The molecule has 0 bridgehead atoms. The zero-order chi connectivity index (χ0) is 18.4. The summed E-state index contributed by atoms with van der Waals surface area (Å²) in [4.78, 5) is 25.6. The second-order valence-corrected chi connectivity index (χ2v) is 7.61. The van der Waals surface area contributed by atoms with Crippen molar-refractivity contribution in [2.24, 2.45) is 5.41 Å². The number of amides is 1. The Morgan fingerprint density at radius 3 is 2.88 bits per heavy atom. The minimum absolute atomic E-state index is 0.0723. The van der Waals surface area contributed by atoms with E-state index in [9.17, 15) is 4.79 Å². The molecule has 1 aromatic rings. The average molecular weight is 362 g/mol. The number of nitrogens with zero attached hydrogens (tertiary/aromatic N) is 4. The van der Waals surface area contributed by atoms with Crippen LogP contribution in [0.15, 0.2) is 12.4 Å². The summed E-state index contributed by atoms with van der Waals surface area (Å²) in [5, 5.41) is 8.81. The summed E-state index contributed by atoms with van der Waals surface area (Å²) >= 11 is 0. The van der Waals surface area contributed by atoms with Crippen molar-refractivity contribution in [3.63, 3.8) is 0 Å². The molecule has 1 aromatic heterocycles. The van der Waals surface area contributed by atoms with Crippen molar-refractivity contribution in [2.45, 2.75) is 39.2 Å². The summed E-state index contributed by atoms with van der Waals surface area (Å²) in [5.74, 6) is 0.224. The Bertz CT molecular complexity index is 595. The molecule has 1 atom stereocenters. The Kier molecular flexibility index (Phi) is 6.56. The molecule has 3 rings (SSSR count). The molecule has 1 spiro atoms. The smallest absolute Gasteiger partial charge is 0.222 e. The van der Waals surface area contributed by atoms with E-state index in [4.69, 9.17) is 9.84 Å². The van der Waals surface area contributed by atoms with Gasteiger partial charge in [0.05, 0.1) is 44.0 Å². The maximum Gasteiger partial charge on any atom is 0.222 e. The second-order valence-electron chi connectivity index (χ2n) is 7.61. The van der Waals surface area contributed by atoms with Crippen LogP contribution < -0.4 is 0 Å². The van der Waals surface area contributed by atoms with Crippen molar-refractivity contribution >= 4 is 5.91 Å². The molecular formula is C19H30N4O3. The fraction of sp³-hybridized carbons (Fsp3) is 0.737. The highest BCUT2D eigenvalue weighted by Gasteiger charge is 2.41. The number of carbonyl (C=O) groups is 1. The van der Waals surface area contributed by atoms with Gasteiger partial charge >= 0.3 is 0 Å². The number of carbonyl (C=O) groups excluding carboxylic acids is 1. The van der Waals surface area contributed by atoms with E-state index in [2.05, 4.69) is 14.9 Å². The molecule has 2 aliphatic rings. The third-order valence-corrected chi connectivity index (χ3v) is 5.46. The molecule has 0 unspecified atom stereocenters. The largest absolute Gasteiger partial charge is 0.394 e. The monoisotopic (exact) mass is 362 g/mol. The molecule has 7 nitrogen and oxygen atoms in total. The normalized spacial score (nSPS) is 24.4. The molecular weight excluding hydrogens is 332 g/mol. The van der Waals surface area contributed by atoms with Gasteiger partial charge in [0.1, 0.15) is 0 Å². The van der Waals surface area contributed by atoms with Gasteiger partial charge in [0.15, 0.2) is 0 Å². The molecule has 0 aliphatic carbocycles. The first-order valence-electron chi connectivity index (χ1n) is 9.56. The maximum absolute atomic E-state index is 12.4. The quantitative estimate of drug-likeness (QED) is 0.729. The highest BCUT2D eigenvalue weighted by Crippen LogP contribution is 2.39. The lowest BCUT2D eigenvalue weighted by Gasteiger charge is -2.48. The number of hydrogen-bond donors (Lipinski definition) is 1. The lowest BCUT2D eigenvalue weighted by Crippen LogP contribution is -2.54. The van der Waals surface area contributed by atoms with E-state index in [0.29, 0.717) is 26.2 Å². The number of hydrogen-bond acceptors (Lipinski definition) is 6. The van der Waals surface area contributed by atoms with Crippen molar-refractivity contribution in [2.75, 3.05) is 46.0 Å². The van der Waals surface area contributed by atoms with Crippen LogP contribution in [-0.4, -0.2) is 76.8 Å². The predicted octanol–water partition coefficient (Wildman–Crippen LogP) is 0.999. The fourth-order valence-electron chi connectivity index (χ4n) is 4.14. The zero-order valence-corrected chi connectivity index (χ0v) is 15.7. The standard InChI is InChI=1S/C19H30N4O3/c1-16-11-21-17(12-20-16)13-23-15-19(5-3-18(23)25)4-2-6-22(14-19)7-9-26-10-8-24/h11-12,24H,2-10,13-15H2,1H3/t19-/m0/s1. The topological polar surface area (TPSA) is 78.8 Å². The molecule has 7 heteroatoms. The van der Waals surface area contributed by atoms with Crippen LogP contribution in [0.3, 0.4) is 0 Å². The van der Waals surface area contributed by atoms with Gasteiger partial charge in [-0.05, 0) is 32.7 Å². The van der Waals surface area contributed by atoms with Crippen molar-refractivity contribution in [3.8, 4) is 0 Å². The Balaban J connectivity index is 1.58. The van der Waals surface area contributed by atoms with Gasteiger partial charge in [-0.25, -0.2) is 0 Å². The van der Waals surface area contributed by atoms with E-state index in [1.54, 1.807) is 12.4 Å². The Hall–Kier alpha value is -1.57. The van der Waals surface area contributed by atoms with E-state index < -0.39 is 0 Å². The van der Waals surface area contributed by atoms with E-state index >= 15 is 0 Å². The molecule has 2 saturated heterocycles. The summed E-state index contributed by atoms with van der Waals surface area (Å²) in [5.41, 5.74) is 1.92. The Labute approximate surface area is 155 Å². The van der Waals surface area contributed by atoms with Crippen LogP contribution in [0.25, 0.3) is 0 Å². The number of aliphatic hydroxyl groups excluding tert-OH is 1. The van der Waals surface area contributed by atoms with Crippen LogP contribution in [0.1, 0.15) is 37.1 Å². The van der Waals surface area contributed by atoms with E-state index in [1.807, 2.05) is 11.8 Å². The summed E-state index contributed by atoms with van der Waals surface area (Å²) in [7, 11) is 0. The molecule has 0 aromatic carbocycles. The predicted molar refractivity (Wildman–Crippen MR) is 97.4 cm³/mol. The van der Waals surface area contributed by atoms with Crippen molar-refractivity contribution < 1.29 is 14.6 Å². The first-order chi connectivity index (χ1) is 12.6. The molecule has 0 radical (unpaired) electrons. The van der Waals surface area contributed by atoms with Crippen LogP contribution >= 0.6 is 0 Å². The Morgan fingerprint density at radius 2 is 2.12 bits per heavy atom. The maximum atomic E-state index is 12.4. The van der Waals surface area contributed by atoms with Gasteiger partial charge in [-0.1, -0.05) is 0 Å². The summed E-state index contributed by atoms with van der Waals surface area (Å²) < 4.78 is 5.42. The van der Waals surface area contributed by atoms with Gasteiger partial charge in [-0.2, -0.15) is 0 Å². The van der Waals surface area contributed by atoms with Crippen molar-refractivity contribution in [1.29, 1.82) is 0 Å². The number of aliphatic hydroxyl groups is 1. The Morgan fingerprint density at radius 1 is 1.23 bits per heavy atom. The van der Waals surface area contributed by atoms with E-state index in [-0.39, 0.29) is 17.9 Å². The third kappa shape index (κ3) is 4.99. The van der Waals surface area contributed by atoms with Gasteiger partial charge < -0.3 is 19.6 Å². The SMILES string of the molecule is Cc1cnc(CN2C[C@@]3(CCCN(CCOCCO)C3)CCC2=O)cn1. The van der Waals surface area contributed by atoms with Gasteiger partial charge in [0.25, 0.3) is 0 Å². The highest BCUT2D eigenvalue weighted by atomic mass is 16.5. The number of aryl methyl sites for hydroxylation is 1. The van der Waals surface area contributed by atoms with Gasteiger partial charge in [0, 0.05) is 37.7 Å². The zero-order valence-electron chi connectivity index (χ0n) is 15.7. The average Bonchev–Trinajstić information content (AvgIpc) is 2.64. The number of rotatable bonds is 7. The molecule has 3 heterocycles. The lowest BCUT2D eigenvalue weighted by molar-refractivity contribution is -0.140. The second kappa shape index (κ2) is 8.88. The fourth-order valence-corrected chi connectivity index (χ4v) is 4.14. The summed E-state index contributed by atoms with van der Waals surface area (Å²) in [6.07, 6.45) is 7.45. The van der Waals surface area contributed by atoms with E-state index in [1.165, 1.54) is 6.42 Å². The highest BCUT2D eigenvalue weighted by molar-refractivity contribution is 5.77. The summed E-state index contributed by atoms with van der Waals surface area (Å²) in [6, 6.07) is 0. The minimum Gasteiger partial charge on any atom is -0.394 e. The minimum atomic E-state index is 0.0723. The molecule has 2 fully saturated rings. The summed E-state index contributed by atoms with van der Waals surface area (Å²) in [6.45, 7) is 7.38. The third-order valence-electron chi connectivity index (χ3n) is 5.46. The first-order valence-corrected chi connectivity index (χ1v) is 9.56. The number of ether oxygens (including phenoxy) is 1. The molecule has 2 aliphatic heterocycles. The molecule has 0 saturated carbocycles. The van der Waals surface area contributed by atoms with Crippen LogP contribution in [0, 0.1) is 12.3 Å². The van der Waals surface area contributed by atoms with Gasteiger partial charge in [0.2, 0.25) is 5.91 Å². The molecule has 144 valence electrons. The van der Waals surface area contributed by atoms with Crippen LogP contribution in [-0.2, 0) is 16.1 Å². The number of piperidine rings is 2. The van der Waals surface area contributed by atoms with Gasteiger partial charge in [-0.15, -0.1) is 0 Å². The van der Waals surface area contributed by atoms with Crippen LogP contribution in [0.5, 0.6) is 0 Å². The van der Waals surface area contributed by atoms with Gasteiger partial charge in [-0.3, -0.25) is 14.8 Å². The van der Waals surface area contributed by atoms with Crippen molar-refractivity contribution in [1.82, 2.24) is 19.8 Å². The number of likely N-dealkylation sites (tertiary alicyclic amines) is 2.